The molecule has 0 spiro atoms. The van der Waals surface area contributed by atoms with E-state index in [0.717, 1.165) is 12.0 Å². The van der Waals surface area contributed by atoms with Crippen LogP contribution in [0.15, 0.2) is 18.3 Å². The minimum absolute atomic E-state index is 0.117. The number of fused-ring (bicyclic) bond motifs is 1. The Bertz CT molecular complexity index is 594. The number of amides is 1. The third-order valence-corrected chi connectivity index (χ3v) is 2.89. The van der Waals surface area contributed by atoms with Crippen molar-refractivity contribution in [3.05, 3.63) is 29.6 Å². The molecule has 0 bridgehead atoms. The number of hydrogen-bond acceptors (Lipinski definition) is 5. The first-order valence-electron chi connectivity index (χ1n) is 5.97. The van der Waals surface area contributed by atoms with Crippen LogP contribution in [0.25, 0.3) is 5.65 Å². The quantitative estimate of drug-likeness (QED) is 0.460. The molecule has 2 heterocycles. The molecule has 102 valence electrons. The summed E-state index contributed by atoms with van der Waals surface area (Å²) < 4.78 is 1.76. The summed E-state index contributed by atoms with van der Waals surface area (Å²) in [5.74, 6) is -0.144. The lowest BCUT2D eigenvalue weighted by atomic mass is 10.2. The summed E-state index contributed by atoms with van der Waals surface area (Å²) in [5, 5.41) is 20.6. The van der Waals surface area contributed by atoms with Gasteiger partial charge in [0.15, 0.2) is 5.82 Å². The predicted octanol–water partition coefficient (Wildman–Crippen LogP) is 0.306. The highest BCUT2D eigenvalue weighted by molar-refractivity contribution is 5.79. The molecule has 0 unspecified atom stereocenters. The van der Waals surface area contributed by atoms with Gasteiger partial charge in [-0.25, -0.2) is 10.5 Å². The van der Waals surface area contributed by atoms with Crippen molar-refractivity contribution >= 4 is 17.4 Å². The first-order chi connectivity index (χ1) is 9.19. The Morgan fingerprint density at radius 1 is 1.53 bits per heavy atom. The molecular weight excluding hydrogens is 248 g/mol. The van der Waals surface area contributed by atoms with Gasteiger partial charge in [0.05, 0.1) is 18.8 Å². The van der Waals surface area contributed by atoms with Crippen LogP contribution in [0.4, 0.5) is 5.82 Å². The zero-order valence-electron chi connectivity index (χ0n) is 10.6. The maximum Gasteiger partial charge on any atom is 0.262 e. The number of hydroxylamine groups is 1. The Labute approximate surface area is 109 Å². The van der Waals surface area contributed by atoms with Crippen LogP contribution in [0.5, 0.6) is 0 Å². The van der Waals surface area contributed by atoms with E-state index in [4.69, 9.17) is 5.21 Å². The maximum absolute atomic E-state index is 11.0. The second-order valence-corrected chi connectivity index (χ2v) is 4.07. The van der Waals surface area contributed by atoms with Crippen molar-refractivity contribution in [2.75, 3.05) is 11.9 Å². The summed E-state index contributed by atoms with van der Waals surface area (Å²) in [6.07, 6.45) is 2.73. The van der Waals surface area contributed by atoms with Gasteiger partial charge in [-0.2, -0.15) is 0 Å². The molecule has 0 saturated heterocycles. The van der Waals surface area contributed by atoms with Crippen LogP contribution >= 0.6 is 0 Å². The van der Waals surface area contributed by atoms with Gasteiger partial charge < -0.3 is 10.4 Å². The predicted molar refractivity (Wildman–Crippen MR) is 68.9 cm³/mol. The molecule has 19 heavy (non-hydrogen) atoms. The van der Waals surface area contributed by atoms with Gasteiger partial charge in [0.1, 0.15) is 5.65 Å². The van der Waals surface area contributed by atoms with Crippen LogP contribution in [0.3, 0.4) is 0 Å². The number of aliphatic hydroxyl groups excluding tert-OH is 1. The molecule has 2 rings (SSSR count). The molecule has 0 aliphatic carbocycles. The van der Waals surface area contributed by atoms with Crippen LogP contribution in [0, 0.1) is 0 Å². The minimum atomic E-state index is -0.574. The molecule has 0 fully saturated rings. The molecule has 0 radical (unpaired) electrons. The van der Waals surface area contributed by atoms with Gasteiger partial charge in [-0.3, -0.25) is 14.4 Å². The van der Waals surface area contributed by atoms with E-state index in [-0.39, 0.29) is 13.2 Å². The highest BCUT2D eigenvalue weighted by atomic mass is 16.5. The molecular formula is C12H16N4O3. The van der Waals surface area contributed by atoms with Gasteiger partial charge in [0, 0.05) is 6.20 Å². The minimum Gasteiger partial charge on any atom is -0.390 e. The number of imidazole rings is 1. The van der Waals surface area contributed by atoms with Crippen LogP contribution in [0.1, 0.15) is 18.2 Å². The molecule has 7 nitrogen and oxygen atoms in total. The van der Waals surface area contributed by atoms with E-state index in [1.807, 2.05) is 25.3 Å². The lowest BCUT2D eigenvalue weighted by Crippen LogP contribution is -2.27. The second-order valence-electron chi connectivity index (χ2n) is 4.07. The number of pyridine rings is 1. The Hall–Kier alpha value is -2.12. The molecule has 0 aromatic carbocycles. The fourth-order valence-corrected chi connectivity index (χ4v) is 1.85. The number of rotatable bonds is 5. The van der Waals surface area contributed by atoms with Crippen LogP contribution in [-0.4, -0.2) is 32.2 Å². The molecule has 0 aliphatic rings. The second kappa shape index (κ2) is 5.68. The molecule has 2 aromatic rings. The summed E-state index contributed by atoms with van der Waals surface area (Å²) in [7, 11) is 0. The molecule has 4 N–H and O–H groups in total. The normalized spacial score (nSPS) is 10.7. The molecule has 0 saturated carbocycles. The van der Waals surface area contributed by atoms with Gasteiger partial charge >= 0.3 is 0 Å². The fourth-order valence-electron chi connectivity index (χ4n) is 1.85. The molecule has 0 aliphatic heterocycles. The standard InChI is InChI=1S/C12H16N4O3/c1-2-8-3-4-16-9(7-17)12(14-10(16)5-8)13-6-11(18)15-19/h3-5,13,17,19H,2,6-7H2,1H3,(H,15,18). The summed E-state index contributed by atoms with van der Waals surface area (Å²) >= 11 is 0. The van der Waals surface area contributed by atoms with E-state index in [2.05, 4.69) is 10.3 Å². The lowest BCUT2D eigenvalue weighted by Gasteiger charge is -2.04. The van der Waals surface area contributed by atoms with E-state index >= 15 is 0 Å². The highest BCUT2D eigenvalue weighted by Crippen LogP contribution is 2.18. The SMILES string of the molecule is CCc1ccn2c(CO)c(NCC(=O)NO)nc2c1. The maximum atomic E-state index is 11.0. The van der Waals surface area contributed by atoms with E-state index in [0.29, 0.717) is 17.2 Å². The van der Waals surface area contributed by atoms with Gasteiger partial charge in [-0.15, -0.1) is 0 Å². The first kappa shape index (κ1) is 13.3. The van der Waals surface area contributed by atoms with E-state index in [9.17, 15) is 9.90 Å². The molecule has 2 aromatic heterocycles. The van der Waals surface area contributed by atoms with Crippen LogP contribution in [-0.2, 0) is 17.8 Å². The lowest BCUT2D eigenvalue weighted by molar-refractivity contribution is -0.127. The Morgan fingerprint density at radius 3 is 2.95 bits per heavy atom. The Kier molecular flexibility index (Phi) is 3.98. The average molecular weight is 264 g/mol. The largest absolute Gasteiger partial charge is 0.390 e. The zero-order valence-corrected chi connectivity index (χ0v) is 10.6. The fraction of sp³-hybridized carbons (Fsp3) is 0.333. The zero-order chi connectivity index (χ0) is 13.8. The number of nitrogens with zero attached hydrogens (tertiary/aromatic N) is 2. The number of carbonyl (C=O) groups excluding carboxylic acids is 1. The van der Waals surface area contributed by atoms with E-state index < -0.39 is 5.91 Å². The highest BCUT2D eigenvalue weighted by Gasteiger charge is 2.12. The molecule has 0 atom stereocenters. The number of aromatic nitrogens is 2. The Morgan fingerprint density at radius 2 is 2.32 bits per heavy atom. The third kappa shape index (κ3) is 2.67. The summed E-state index contributed by atoms with van der Waals surface area (Å²) in [4.78, 5) is 15.3. The van der Waals surface area contributed by atoms with Crippen molar-refractivity contribution in [1.29, 1.82) is 0 Å². The average Bonchev–Trinajstić information content (AvgIpc) is 2.80. The van der Waals surface area contributed by atoms with E-state index in [1.54, 1.807) is 4.40 Å². The van der Waals surface area contributed by atoms with Gasteiger partial charge in [0.25, 0.3) is 5.91 Å². The van der Waals surface area contributed by atoms with Crippen LogP contribution < -0.4 is 10.8 Å². The molecule has 7 heteroatoms. The number of anilines is 1. The Balaban J connectivity index is 2.34. The topological polar surface area (TPSA) is 98.9 Å². The molecule has 1 amide bonds. The van der Waals surface area contributed by atoms with Gasteiger partial charge in [-0.05, 0) is 24.1 Å². The smallest absolute Gasteiger partial charge is 0.262 e. The number of carbonyl (C=O) groups is 1. The van der Waals surface area contributed by atoms with E-state index in [1.165, 1.54) is 5.48 Å². The summed E-state index contributed by atoms with van der Waals surface area (Å²) in [5.41, 5.74) is 3.94. The van der Waals surface area contributed by atoms with Crippen molar-refractivity contribution in [3.8, 4) is 0 Å². The van der Waals surface area contributed by atoms with Crippen molar-refractivity contribution in [1.82, 2.24) is 14.9 Å². The van der Waals surface area contributed by atoms with Crippen molar-refractivity contribution in [2.45, 2.75) is 20.0 Å². The summed E-state index contributed by atoms with van der Waals surface area (Å²) in [6.45, 7) is 1.73. The number of nitrogens with one attached hydrogen (secondary N) is 2. The van der Waals surface area contributed by atoms with Gasteiger partial charge in [-0.1, -0.05) is 6.92 Å². The monoisotopic (exact) mass is 264 g/mol. The third-order valence-electron chi connectivity index (χ3n) is 2.89. The number of aryl methyl sites for hydroxylation is 1. The van der Waals surface area contributed by atoms with Crippen molar-refractivity contribution in [3.63, 3.8) is 0 Å². The van der Waals surface area contributed by atoms with Gasteiger partial charge in [0.2, 0.25) is 0 Å². The summed E-state index contributed by atoms with van der Waals surface area (Å²) in [6, 6.07) is 3.88. The number of aliphatic hydroxyl groups is 1. The van der Waals surface area contributed by atoms with Crippen molar-refractivity contribution < 1.29 is 15.1 Å². The first-order valence-corrected chi connectivity index (χ1v) is 5.97. The number of hydrogen-bond donors (Lipinski definition) is 4. The van der Waals surface area contributed by atoms with Crippen molar-refractivity contribution in [2.24, 2.45) is 0 Å². The van der Waals surface area contributed by atoms with Crippen LogP contribution in [0.2, 0.25) is 0 Å².